The minimum absolute atomic E-state index is 0.0594. The van der Waals surface area contributed by atoms with Crippen molar-refractivity contribution in [2.45, 2.75) is 18.4 Å². The number of amides is 1. The van der Waals surface area contributed by atoms with Gasteiger partial charge in [-0.2, -0.15) is 4.99 Å². The minimum atomic E-state index is -3.85. The topological polar surface area (TPSA) is 99.0 Å². The molecule has 1 aromatic heterocycles. The molecular weight excluding hydrogens is 522 g/mol. The molecule has 4 rings (SSSR count). The van der Waals surface area contributed by atoms with Gasteiger partial charge in [0.05, 0.1) is 28.3 Å². The summed E-state index contributed by atoms with van der Waals surface area (Å²) in [6, 6.07) is 17.8. The molecule has 188 valence electrons. The van der Waals surface area contributed by atoms with Gasteiger partial charge in [0.1, 0.15) is 5.75 Å². The molecule has 0 unspecified atom stereocenters. The van der Waals surface area contributed by atoms with Gasteiger partial charge in [0.15, 0.2) is 4.80 Å². The van der Waals surface area contributed by atoms with E-state index in [0.717, 1.165) is 16.0 Å². The van der Waals surface area contributed by atoms with Gasteiger partial charge in [-0.25, -0.2) is 8.42 Å². The largest absolute Gasteiger partial charge is 0.494 e. The van der Waals surface area contributed by atoms with Crippen molar-refractivity contribution in [2.75, 3.05) is 25.0 Å². The Morgan fingerprint density at radius 2 is 1.89 bits per heavy atom. The summed E-state index contributed by atoms with van der Waals surface area (Å²) in [5, 5.41) is 0.432. The van der Waals surface area contributed by atoms with Crippen LogP contribution < -0.4 is 14.3 Å². The first-order chi connectivity index (χ1) is 17.3. The number of aromatic nitrogens is 1. The lowest BCUT2D eigenvalue weighted by molar-refractivity contribution is 0.0997. The molecular formula is C25H24ClN3O5S2. The number of sulfonamides is 1. The van der Waals surface area contributed by atoms with E-state index in [1.165, 1.54) is 41.7 Å². The maximum Gasteiger partial charge on any atom is 0.279 e. The van der Waals surface area contributed by atoms with E-state index in [1.54, 1.807) is 25.3 Å². The van der Waals surface area contributed by atoms with Crippen LogP contribution in [0.25, 0.3) is 10.2 Å². The van der Waals surface area contributed by atoms with Crippen LogP contribution in [0, 0.1) is 0 Å². The van der Waals surface area contributed by atoms with Crippen LogP contribution in [0.15, 0.2) is 76.6 Å². The number of rotatable bonds is 9. The van der Waals surface area contributed by atoms with Gasteiger partial charge in [-0.3, -0.25) is 9.52 Å². The Kier molecular flexibility index (Phi) is 8.10. The molecule has 4 aromatic rings. The van der Waals surface area contributed by atoms with Gasteiger partial charge in [-0.05, 0) is 67.6 Å². The molecule has 0 fully saturated rings. The Morgan fingerprint density at radius 3 is 2.61 bits per heavy atom. The van der Waals surface area contributed by atoms with Crippen molar-refractivity contribution < 1.29 is 22.7 Å². The summed E-state index contributed by atoms with van der Waals surface area (Å²) in [5.74, 6) is 0.244. The zero-order valence-corrected chi connectivity index (χ0v) is 22.0. The number of carbonyl (C=O) groups excluding carboxylic acids is 1. The highest BCUT2D eigenvalue weighted by atomic mass is 35.5. The first-order valence-corrected chi connectivity index (χ1v) is 13.7. The number of fused-ring (bicyclic) bond motifs is 1. The van der Waals surface area contributed by atoms with Crippen LogP contribution >= 0.6 is 22.9 Å². The standard InChI is InChI=1S/C25H24ClN3O5S2/c1-3-34-20-9-12-22-23(16-20)35-25(29(22)13-14-33-2)27-24(30)17-5-4-6-19(15-17)28-36(31,32)21-10-7-18(26)8-11-21/h4-12,15-16,28H,3,13-14H2,1-2H3. The number of carbonyl (C=O) groups is 1. The predicted octanol–water partition coefficient (Wildman–Crippen LogP) is 4.94. The summed E-state index contributed by atoms with van der Waals surface area (Å²) in [4.78, 5) is 18.0. The number of nitrogens with zero attached hydrogens (tertiary/aromatic N) is 2. The number of halogens is 1. The normalized spacial score (nSPS) is 12.1. The van der Waals surface area contributed by atoms with Crippen LogP contribution in [0.2, 0.25) is 5.02 Å². The first-order valence-electron chi connectivity index (χ1n) is 11.0. The molecule has 0 aliphatic carbocycles. The number of hydrogen-bond donors (Lipinski definition) is 1. The summed E-state index contributed by atoms with van der Waals surface area (Å²) in [7, 11) is -2.24. The monoisotopic (exact) mass is 545 g/mol. The fraction of sp³-hybridized carbons (Fsp3) is 0.200. The van der Waals surface area contributed by atoms with Crippen molar-refractivity contribution >= 4 is 54.8 Å². The molecule has 3 aromatic carbocycles. The molecule has 0 radical (unpaired) electrons. The van der Waals surface area contributed by atoms with E-state index >= 15 is 0 Å². The summed E-state index contributed by atoms with van der Waals surface area (Å²) in [6.45, 7) is 3.43. The molecule has 1 N–H and O–H groups in total. The average molecular weight is 546 g/mol. The SMILES string of the molecule is CCOc1ccc2c(c1)sc(=NC(=O)c1cccc(NS(=O)(=O)c3ccc(Cl)cc3)c1)n2CCOC. The van der Waals surface area contributed by atoms with Crippen molar-refractivity contribution in [2.24, 2.45) is 4.99 Å². The summed E-state index contributed by atoms with van der Waals surface area (Å²) >= 11 is 7.22. The third kappa shape index (κ3) is 5.96. The number of anilines is 1. The van der Waals surface area contributed by atoms with Crippen LogP contribution in [-0.4, -0.2) is 39.2 Å². The fourth-order valence-corrected chi connectivity index (χ4v) is 5.75. The molecule has 0 aliphatic rings. The summed E-state index contributed by atoms with van der Waals surface area (Å²) < 4.78 is 41.6. The van der Waals surface area contributed by atoms with Crippen LogP contribution in [0.1, 0.15) is 17.3 Å². The van der Waals surface area contributed by atoms with Crippen molar-refractivity contribution in [1.29, 1.82) is 0 Å². The zero-order valence-electron chi connectivity index (χ0n) is 19.6. The Balaban J connectivity index is 1.66. The molecule has 0 saturated heterocycles. The van der Waals surface area contributed by atoms with E-state index in [4.69, 9.17) is 21.1 Å². The fourth-order valence-electron chi connectivity index (χ4n) is 3.49. The lowest BCUT2D eigenvalue weighted by Crippen LogP contribution is -2.19. The van der Waals surface area contributed by atoms with Crippen molar-refractivity contribution in [3.05, 3.63) is 82.1 Å². The van der Waals surface area contributed by atoms with Crippen LogP contribution in [0.5, 0.6) is 5.75 Å². The van der Waals surface area contributed by atoms with E-state index in [1.807, 2.05) is 29.7 Å². The van der Waals surface area contributed by atoms with Crippen LogP contribution in [-0.2, 0) is 21.3 Å². The number of methoxy groups -OCH3 is 1. The van der Waals surface area contributed by atoms with Gasteiger partial charge in [0.25, 0.3) is 15.9 Å². The van der Waals surface area contributed by atoms with Crippen LogP contribution in [0.4, 0.5) is 5.69 Å². The molecule has 1 heterocycles. The summed E-state index contributed by atoms with van der Waals surface area (Å²) in [5.41, 5.74) is 1.41. The number of ether oxygens (including phenoxy) is 2. The third-order valence-corrected chi connectivity index (χ3v) is 7.86. The molecule has 8 nitrogen and oxygen atoms in total. The molecule has 0 bridgehead atoms. The molecule has 0 aliphatic heterocycles. The lowest BCUT2D eigenvalue weighted by atomic mass is 10.2. The molecule has 0 atom stereocenters. The van der Waals surface area contributed by atoms with Gasteiger partial charge in [0, 0.05) is 29.9 Å². The van der Waals surface area contributed by atoms with Crippen LogP contribution in [0.3, 0.4) is 0 Å². The van der Waals surface area contributed by atoms with Gasteiger partial charge in [-0.15, -0.1) is 0 Å². The van der Waals surface area contributed by atoms with Crippen molar-refractivity contribution in [3.63, 3.8) is 0 Å². The van der Waals surface area contributed by atoms with Crippen molar-refractivity contribution in [1.82, 2.24) is 4.57 Å². The number of benzene rings is 3. The van der Waals surface area contributed by atoms with E-state index in [2.05, 4.69) is 9.71 Å². The maximum atomic E-state index is 13.1. The second kappa shape index (κ2) is 11.3. The van der Waals surface area contributed by atoms with Gasteiger partial charge in [-0.1, -0.05) is 29.0 Å². The third-order valence-electron chi connectivity index (χ3n) is 5.17. The predicted molar refractivity (Wildman–Crippen MR) is 141 cm³/mol. The van der Waals surface area contributed by atoms with Gasteiger partial charge in [0.2, 0.25) is 0 Å². The second-order valence-electron chi connectivity index (χ2n) is 7.65. The van der Waals surface area contributed by atoms with E-state index < -0.39 is 15.9 Å². The number of hydrogen-bond acceptors (Lipinski definition) is 6. The minimum Gasteiger partial charge on any atom is -0.494 e. The molecule has 11 heteroatoms. The Labute approximate surface area is 217 Å². The number of thiazole rings is 1. The second-order valence-corrected chi connectivity index (χ2v) is 10.8. The van der Waals surface area contributed by atoms with E-state index in [9.17, 15) is 13.2 Å². The highest BCUT2D eigenvalue weighted by molar-refractivity contribution is 7.92. The lowest BCUT2D eigenvalue weighted by Gasteiger charge is -2.09. The van der Waals surface area contributed by atoms with Crippen molar-refractivity contribution in [3.8, 4) is 5.75 Å². The smallest absolute Gasteiger partial charge is 0.279 e. The quantitative estimate of drug-likeness (QED) is 0.321. The zero-order chi connectivity index (χ0) is 25.7. The molecule has 0 saturated carbocycles. The van der Waals surface area contributed by atoms with E-state index in [0.29, 0.717) is 29.6 Å². The molecule has 1 amide bonds. The Morgan fingerprint density at radius 1 is 1.11 bits per heavy atom. The maximum absolute atomic E-state index is 13.1. The molecule has 0 spiro atoms. The molecule has 36 heavy (non-hydrogen) atoms. The highest BCUT2D eigenvalue weighted by Crippen LogP contribution is 2.24. The Bertz CT molecular complexity index is 1560. The number of nitrogens with one attached hydrogen (secondary N) is 1. The Hall–Kier alpha value is -3.18. The highest BCUT2D eigenvalue weighted by Gasteiger charge is 2.16. The average Bonchev–Trinajstić information content (AvgIpc) is 3.19. The van der Waals surface area contributed by atoms with Gasteiger partial charge >= 0.3 is 0 Å². The van der Waals surface area contributed by atoms with Gasteiger partial charge < -0.3 is 14.0 Å². The first kappa shape index (κ1) is 25.9. The van der Waals surface area contributed by atoms with E-state index in [-0.39, 0.29) is 16.1 Å². The summed E-state index contributed by atoms with van der Waals surface area (Å²) in [6.07, 6.45) is 0.